The van der Waals surface area contributed by atoms with Crippen LogP contribution in [0.3, 0.4) is 0 Å². The Bertz CT molecular complexity index is 769. The summed E-state index contributed by atoms with van der Waals surface area (Å²) < 4.78 is 44.4. The average molecular weight is 453 g/mol. The van der Waals surface area contributed by atoms with Crippen LogP contribution < -0.4 is 5.32 Å². The Balaban J connectivity index is 0.000000552. The lowest BCUT2D eigenvalue weighted by molar-refractivity contribution is -0.137. The maximum Gasteiger partial charge on any atom is 0.416 e. The molecule has 2 atom stereocenters. The summed E-state index contributed by atoms with van der Waals surface area (Å²) in [6.45, 7) is 2.46. The molecule has 2 aliphatic heterocycles. The lowest BCUT2D eigenvalue weighted by Gasteiger charge is -2.31. The van der Waals surface area contributed by atoms with Crippen molar-refractivity contribution in [3.05, 3.63) is 34.9 Å². The molecular formula is C25H35F3N2O2. The fourth-order valence-corrected chi connectivity index (χ4v) is 4.98. The topological polar surface area (TPSA) is 41.6 Å². The number of nitrogens with one attached hydrogen (secondary N) is 1. The van der Waals surface area contributed by atoms with Crippen molar-refractivity contribution in [1.82, 2.24) is 10.2 Å². The summed E-state index contributed by atoms with van der Waals surface area (Å²) in [5, 5.41) is 3.67. The van der Waals surface area contributed by atoms with Crippen molar-refractivity contribution >= 4 is 5.91 Å². The van der Waals surface area contributed by atoms with E-state index in [-0.39, 0.29) is 18.4 Å². The fourth-order valence-electron chi connectivity index (χ4n) is 4.98. The first-order chi connectivity index (χ1) is 15.4. The van der Waals surface area contributed by atoms with Gasteiger partial charge >= 0.3 is 6.18 Å². The molecule has 1 saturated heterocycles. The highest BCUT2D eigenvalue weighted by atomic mass is 19.4. The predicted octanol–water partition coefficient (Wildman–Crippen LogP) is 5.09. The van der Waals surface area contributed by atoms with E-state index in [0.29, 0.717) is 30.6 Å². The number of hydrogen-bond donors (Lipinski definition) is 1. The summed E-state index contributed by atoms with van der Waals surface area (Å²) in [4.78, 5) is 14.7. The van der Waals surface area contributed by atoms with E-state index >= 15 is 0 Å². The number of carbonyl (C=O) groups is 1. The van der Waals surface area contributed by atoms with E-state index in [1.54, 1.807) is 11.0 Å². The molecule has 3 fully saturated rings. The zero-order chi connectivity index (χ0) is 22.6. The van der Waals surface area contributed by atoms with Gasteiger partial charge in [0.15, 0.2) is 0 Å². The van der Waals surface area contributed by atoms with E-state index in [2.05, 4.69) is 5.32 Å². The molecule has 5 rings (SSSR count). The largest absolute Gasteiger partial charge is 0.416 e. The van der Waals surface area contributed by atoms with Gasteiger partial charge in [-0.05, 0) is 61.8 Å². The first-order valence-electron chi connectivity index (χ1n) is 12.2. The molecule has 2 heterocycles. The van der Waals surface area contributed by atoms with Gasteiger partial charge in [0, 0.05) is 44.3 Å². The van der Waals surface area contributed by atoms with Crippen LogP contribution in [0.25, 0.3) is 0 Å². The van der Waals surface area contributed by atoms with Crippen LogP contribution in [0.2, 0.25) is 0 Å². The van der Waals surface area contributed by atoms with Crippen LogP contribution >= 0.6 is 0 Å². The average Bonchev–Trinajstić information content (AvgIpc) is 3.19. The van der Waals surface area contributed by atoms with E-state index in [1.165, 1.54) is 31.7 Å². The smallest absolute Gasteiger partial charge is 0.381 e. The zero-order valence-corrected chi connectivity index (χ0v) is 18.8. The molecule has 1 aromatic rings. The van der Waals surface area contributed by atoms with E-state index < -0.39 is 11.7 Å². The number of hydrogen-bond acceptors (Lipinski definition) is 3. The quantitative estimate of drug-likeness (QED) is 0.695. The Morgan fingerprint density at radius 1 is 0.969 bits per heavy atom. The van der Waals surface area contributed by atoms with Crippen LogP contribution in [-0.4, -0.2) is 42.6 Å². The summed E-state index contributed by atoms with van der Waals surface area (Å²) in [7, 11) is 0. The minimum absolute atomic E-state index is 0.0234. The number of fused-ring (bicyclic) bond motifs is 1. The van der Waals surface area contributed by atoms with Crippen LogP contribution in [0.15, 0.2) is 18.2 Å². The molecule has 1 amide bonds. The molecule has 1 unspecified atom stereocenters. The Morgan fingerprint density at radius 3 is 2.34 bits per heavy atom. The van der Waals surface area contributed by atoms with Gasteiger partial charge in [0.05, 0.1) is 5.56 Å². The number of nitrogens with zero attached hydrogens (tertiary/aromatic N) is 1. The minimum Gasteiger partial charge on any atom is -0.381 e. The van der Waals surface area contributed by atoms with E-state index in [1.807, 2.05) is 0 Å². The summed E-state index contributed by atoms with van der Waals surface area (Å²) >= 11 is 0. The van der Waals surface area contributed by atoms with Crippen molar-refractivity contribution in [2.45, 2.75) is 89.0 Å². The lowest BCUT2D eigenvalue weighted by atomic mass is 9.95. The third kappa shape index (κ3) is 6.04. The van der Waals surface area contributed by atoms with Gasteiger partial charge in [-0.15, -0.1) is 0 Å². The number of carbonyl (C=O) groups excluding carboxylic acids is 1. The lowest BCUT2D eigenvalue weighted by Crippen LogP contribution is -2.42. The second-order valence-electron chi connectivity index (χ2n) is 9.67. The van der Waals surface area contributed by atoms with Crippen LogP contribution in [0.5, 0.6) is 0 Å². The molecule has 1 N–H and O–H groups in total. The highest BCUT2D eigenvalue weighted by Crippen LogP contribution is 2.34. The predicted molar refractivity (Wildman–Crippen MR) is 117 cm³/mol. The Morgan fingerprint density at radius 2 is 1.69 bits per heavy atom. The van der Waals surface area contributed by atoms with Gasteiger partial charge in [0.2, 0.25) is 5.91 Å². The molecule has 0 aromatic heterocycles. The molecule has 0 spiro atoms. The fraction of sp³-hybridized carbons (Fsp3) is 0.720. The van der Waals surface area contributed by atoms with Crippen LogP contribution in [0.4, 0.5) is 13.2 Å². The van der Waals surface area contributed by atoms with Crippen molar-refractivity contribution in [3.63, 3.8) is 0 Å². The highest BCUT2D eigenvalue weighted by molar-refractivity contribution is 5.79. The Kier molecular flexibility index (Phi) is 7.77. The number of halogens is 3. The maximum atomic E-state index is 13.0. The van der Waals surface area contributed by atoms with Crippen molar-refractivity contribution in [2.75, 3.05) is 19.8 Å². The number of benzene rings is 1. The molecule has 32 heavy (non-hydrogen) atoms. The zero-order valence-electron chi connectivity index (χ0n) is 18.8. The van der Waals surface area contributed by atoms with Gasteiger partial charge < -0.3 is 15.0 Å². The van der Waals surface area contributed by atoms with Crippen molar-refractivity contribution < 1.29 is 22.7 Å². The molecule has 4 aliphatic rings. The summed E-state index contributed by atoms with van der Waals surface area (Å²) in [6.07, 6.45) is 6.95. The van der Waals surface area contributed by atoms with Crippen molar-refractivity contribution in [3.8, 4) is 0 Å². The normalized spacial score (nSPS) is 26.0. The van der Waals surface area contributed by atoms with Gasteiger partial charge in [-0.3, -0.25) is 4.79 Å². The number of rotatable bonds is 3. The Hall–Kier alpha value is -1.60. The molecule has 1 aromatic carbocycles. The number of ether oxygens (including phenoxy) is 1. The second kappa shape index (κ2) is 10.6. The van der Waals surface area contributed by atoms with Gasteiger partial charge in [0.1, 0.15) is 0 Å². The first kappa shape index (κ1) is 23.6. The van der Waals surface area contributed by atoms with Crippen LogP contribution in [0, 0.1) is 5.92 Å². The third-order valence-corrected chi connectivity index (χ3v) is 7.33. The molecule has 178 valence electrons. The molecule has 4 nitrogen and oxygen atoms in total. The number of alkyl halides is 3. The maximum absolute atomic E-state index is 13.0. The van der Waals surface area contributed by atoms with Crippen LogP contribution in [-0.2, 0) is 28.7 Å². The molecule has 2 saturated carbocycles. The van der Waals surface area contributed by atoms with Crippen LogP contribution in [0.1, 0.15) is 74.5 Å². The summed E-state index contributed by atoms with van der Waals surface area (Å²) in [6, 6.07) is 4.73. The molecule has 2 aliphatic carbocycles. The van der Waals surface area contributed by atoms with E-state index in [9.17, 15) is 18.0 Å². The standard InChI is InChI=1S/C21H27F3N2O2.C4H8/c22-21(23,24)17-3-1-14-5-8-26(13-16(14)11-17)20(27)15-2-4-19(12-15)25-18-6-9-28-10-7-18;1-2-4-3-1/h1,3,11,15,18-19,25H,2,4-10,12-13H2;1-4H2/t15?,19-;/m1./s1. The molecular weight excluding hydrogens is 417 g/mol. The summed E-state index contributed by atoms with van der Waals surface area (Å²) in [5.41, 5.74) is 0.911. The van der Waals surface area contributed by atoms with E-state index in [0.717, 1.165) is 56.9 Å². The SMILES string of the molecule is C1CCC1.O=C(C1CC[C@@H](NC2CCOCC2)C1)N1CCc2ccc(C(F)(F)F)cc2C1. The van der Waals surface area contributed by atoms with E-state index in [4.69, 9.17) is 4.74 Å². The van der Waals surface area contributed by atoms with Gasteiger partial charge in [-0.25, -0.2) is 0 Å². The minimum atomic E-state index is -4.35. The first-order valence-corrected chi connectivity index (χ1v) is 12.2. The highest BCUT2D eigenvalue weighted by Gasteiger charge is 2.36. The summed E-state index contributed by atoms with van der Waals surface area (Å²) in [5.74, 6) is 0.0732. The second-order valence-corrected chi connectivity index (χ2v) is 9.67. The Labute approximate surface area is 188 Å². The molecule has 0 radical (unpaired) electrons. The molecule has 0 bridgehead atoms. The third-order valence-electron chi connectivity index (χ3n) is 7.33. The van der Waals surface area contributed by atoms with Gasteiger partial charge in [-0.2, -0.15) is 13.2 Å². The van der Waals surface area contributed by atoms with Gasteiger partial charge in [-0.1, -0.05) is 31.7 Å². The molecule has 7 heteroatoms. The number of amides is 1. The van der Waals surface area contributed by atoms with Crippen molar-refractivity contribution in [1.29, 1.82) is 0 Å². The van der Waals surface area contributed by atoms with Gasteiger partial charge in [0.25, 0.3) is 0 Å². The monoisotopic (exact) mass is 452 g/mol. The van der Waals surface area contributed by atoms with Crippen molar-refractivity contribution in [2.24, 2.45) is 5.92 Å².